The van der Waals surface area contributed by atoms with Crippen molar-refractivity contribution in [2.24, 2.45) is 16.6 Å². The molecule has 0 radical (unpaired) electrons. The monoisotopic (exact) mass is 389 g/mol. The molecule has 2 aromatic rings. The van der Waals surface area contributed by atoms with Crippen LogP contribution < -0.4 is 11.1 Å². The first-order valence-corrected chi connectivity index (χ1v) is 9.11. The Morgan fingerprint density at radius 1 is 1.36 bits per heavy atom. The van der Waals surface area contributed by atoms with Gasteiger partial charge in [0.1, 0.15) is 17.3 Å². The van der Waals surface area contributed by atoms with Gasteiger partial charge < -0.3 is 11.1 Å². The lowest BCUT2D eigenvalue weighted by Crippen LogP contribution is -2.24. The fourth-order valence-corrected chi connectivity index (χ4v) is 3.18. The molecule has 0 spiro atoms. The lowest BCUT2D eigenvalue weighted by atomic mass is 10.1. The van der Waals surface area contributed by atoms with Crippen LogP contribution in [-0.4, -0.2) is 22.3 Å². The van der Waals surface area contributed by atoms with Crippen LogP contribution in [-0.2, 0) is 5.92 Å². The summed E-state index contributed by atoms with van der Waals surface area (Å²) >= 11 is 0. The summed E-state index contributed by atoms with van der Waals surface area (Å²) in [6.07, 6.45) is 6.15. The SMILES string of the molecule is C=CC(F)(F)c1nc(Nc2cccc(F)c2)ncc1C(N)=NCC1CCCC1. The summed E-state index contributed by atoms with van der Waals surface area (Å²) in [4.78, 5) is 12.2. The predicted molar refractivity (Wildman–Crippen MR) is 103 cm³/mol. The number of amidine groups is 1. The first-order valence-electron chi connectivity index (χ1n) is 9.11. The highest BCUT2D eigenvalue weighted by Gasteiger charge is 2.34. The number of alkyl halides is 2. The zero-order valence-corrected chi connectivity index (χ0v) is 15.3. The number of nitrogens with one attached hydrogen (secondary N) is 1. The second-order valence-corrected chi connectivity index (χ2v) is 6.79. The minimum absolute atomic E-state index is 0.0271. The molecular weight excluding hydrogens is 367 g/mol. The zero-order valence-electron chi connectivity index (χ0n) is 15.3. The van der Waals surface area contributed by atoms with Crippen LogP contribution in [0.3, 0.4) is 0 Å². The lowest BCUT2D eigenvalue weighted by molar-refractivity contribution is 0.0474. The molecule has 1 aliphatic rings. The standard InChI is InChI=1S/C20H22F3N5/c1-2-20(22,23)17-16(18(24)25-11-13-6-3-4-7-13)12-26-19(28-17)27-15-9-5-8-14(21)10-15/h2,5,8-10,12-13H,1,3-4,6-7,11H2,(H2,24,25)(H,26,27,28). The number of aromatic nitrogens is 2. The molecule has 1 aromatic heterocycles. The Morgan fingerprint density at radius 2 is 2.11 bits per heavy atom. The lowest BCUT2D eigenvalue weighted by Gasteiger charge is -2.17. The van der Waals surface area contributed by atoms with Gasteiger partial charge in [-0.05, 0) is 43.0 Å². The van der Waals surface area contributed by atoms with Crippen molar-refractivity contribution in [1.82, 2.24) is 9.97 Å². The van der Waals surface area contributed by atoms with Gasteiger partial charge in [-0.25, -0.2) is 14.4 Å². The number of allylic oxidation sites excluding steroid dienone is 1. The van der Waals surface area contributed by atoms with E-state index in [1.807, 2.05) is 0 Å². The third-order valence-corrected chi connectivity index (χ3v) is 4.71. The number of nitrogens with two attached hydrogens (primary N) is 1. The van der Waals surface area contributed by atoms with Crippen molar-refractivity contribution in [2.45, 2.75) is 31.6 Å². The van der Waals surface area contributed by atoms with Gasteiger partial charge >= 0.3 is 5.92 Å². The fraction of sp³-hybridized carbons (Fsp3) is 0.350. The second-order valence-electron chi connectivity index (χ2n) is 6.79. The molecule has 1 saturated carbocycles. The van der Waals surface area contributed by atoms with Crippen molar-refractivity contribution in [3.8, 4) is 0 Å². The highest BCUT2D eigenvalue weighted by atomic mass is 19.3. The number of rotatable bonds is 7. The van der Waals surface area contributed by atoms with Gasteiger partial charge in [0.15, 0.2) is 0 Å². The maximum Gasteiger partial charge on any atom is 0.308 e. The summed E-state index contributed by atoms with van der Waals surface area (Å²) in [5, 5.41) is 2.71. The predicted octanol–water partition coefficient (Wildman–Crippen LogP) is 4.53. The zero-order chi connectivity index (χ0) is 20.1. The minimum Gasteiger partial charge on any atom is -0.383 e. The van der Waals surface area contributed by atoms with Crippen LogP contribution in [0.5, 0.6) is 0 Å². The van der Waals surface area contributed by atoms with Crippen LogP contribution in [0.1, 0.15) is 36.9 Å². The molecule has 1 aromatic carbocycles. The summed E-state index contributed by atoms with van der Waals surface area (Å²) in [5.41, 5.74) is 5.69. The van der Waals surface area contributed by atoms with E-state index >= 15 is 0 Å². The Morgan fingerprint density at radius 3 is 2.79 bits per heavy atom. The van der Waals surface area contributed by atoms with Crippen LogP contribution in [0, 0.1) is 11.7 Å². The molecule has 0 bridgehead atoms. The van der Waals surface area contributed by atoms with Gasteiger partial charge in [0.25, 0.3) is 0 Å². The third-order valence-electron chi connectivity index (χ3n) is 4.71. The van der Waals surface area contributed by atoms with Gasteiger partial charge in [-0.3, -0.25) is 4.99 Å². The van der Waals surface area contributed by atoms with Crippen molar-refractivity contribution >= 4 is 17.5 Å². The summed E-state index contributed by atoms with van der Waals surface area (Å²) in [6.45, 7) is 3.68. The normalized spacial score (nSPS) is 15.6. The van der Waals surface area contributed by atoms with Gasteiger partial charge in [0.2, 0.25) is 5.95 Å². The summed E-state index contributed by atoms with van der Waals surface area (Å²) in [5.74, 6) is -3.60. The Bertz CT molecular complexity index is 876. The van der Waals surface area contributed by atoms with E-state index in [9.17, 15) is 13.2 Å². The Kier molecular flexibility index (Phi) is 5.96. The summed E-state index contributed by atoms with van der Waals surface area (Å²) in [7, 11) is 0. The van der Waals surface area contributed by atoms with E-state index in [1.54, 1.807) is 6.07 Å². The number of aliphatic imine (C=N–C) groups is 1. The second kappa shape index (κ2) is 8.41. The minimum atomic E-state index is -3.43. The first-order chi connectivity index (χ1) is 13.4. The van der Waals surface area contributed by atoms with Gasteiger partial charge in [0.05, 0.1) is 5.56 Å². The van der Waals surface area contributed by atoms with E-state index in [4.69, 9.17) is 5.73 Å². The van der Waals surface area contributed by atoms with Crippen molar-refractivity contribution < 1.29 is 13.2 Å². The molecular formula is C20H22F3N5. The van der Waals surface area contributed by atoms with Gasteiger partial charge in [-0.2, -0.15) is 8.78 Å². The van der Waals surface area contributed by atoms with E-state index in [2.05, 4.69) is 26.9 Å². The van der Waals surface area contributed by atoms with Gasteiger partial charge in [-0.1, -0.05) is 25.5 Å². The summed E-state index contributed by atoms with van der Waals surface area (Å²) in [6, 6.07) is 5.54. The van der Waals surface area contributed by atoms with Crippen molar-refractivity contribution in [1.29, 1.82) is 0 Å². The molecule has 1 fully saturated rings. The molecule has 5 nitrogen and oxygen atoms in total. The molecule has 3 N–H and O–H groups in total. The molecule has 1 aliphatic carbocycles. The number of hydrogen-bond acceptors (Lipinski definition) is 4. The third kappa shape index (κ3) is 4.68. The van der Waals surface area contributed by atoms with E-state index in [0.717, 1.165) is 25.7 Å². The molecule has 0 aliphatic heterocycles. The number of halogens is 3. The number of hydrogen-bond donors (Lipinski definition) is 2. The van der Waals surface area contributed by atoms with Crippen LogP contribution in [0.25, 0.3) is 0 Å². The molecule has 0 saturated heterocycles. The highest BCUT2D eigenvalue weighted by Crippen LogP contribution is 2.31. The average Bonchev–Trinajstić information content (AvgIpc) is 3.20. The quantitative estimate of drug-likeness (QED) is 0.414. The molecule has 3 rings (SSSR count). The smallest absolute Gasteiger partial charge is 0.308 e. The fourth-order valence-electron chi connectivity index (χ4n) is 3.18. The van der Waals surface area contributed by atoms with Crippen LogP contribution in [0.4, 0.5) is 24.8 Å². The Balaban J connectivity index is 1.90. The van der Waals surface area contributed by atoms with E-state index in [0.29, 0.717) is 24.2 Å². The van der Waals surface area contributed by atoms with Crippen LogP contribution in [0.2, 0.25) is 0 Å². The molecule has 0 amide bonds. The maximum absolute atomic E-state index is 14.4. The van der Waals surface area contributed by atoms with Gasteiger partial charge in [-0.15, -0.1) is 0 Å². The number of nitrogens with zero attached hydrogens (tertiary/aromatic N) is 3. The van der Waals surface area contributed by atoms with Crippen molar-refractivity contribution in [2.75, 3.05) is 11.9 Å². The molecule has 0 atom stereocenters. The number of anilines is 2. The van der Waals surface area contributed by atoms with Crippen LogP contribution in [0.15, 0.2) is 48.1 Å². The Hall–Kier alpha value is -2.90. The number of benzene rings is 1. The van der Waals surface area contributed by atoms with E-state index in [1.165, 1.54) is 24.4 Å². The van der Waals surface area contributed by atoms with E-state index in [-0.39, 0.29) is 17.3 Å². The van der Waals surface area contributed by atoms with Crippen molar-refractivity contribution in [3.63, 3.8) is 0 Å². The molecule has 148 valence electrons. The average molecular weight is 389 g/mol. The molecule has 1 heterocycles. The molecule has 0 unspecified atom stereocenters. The van der Waals surface area contributed by atoms with Gasteiger partial charge in [0, 0.05) is 18.4 Å². The highest BCUT2D eigenvalue weighted by molar-refractivity contribution is 5.98. The van der Waals surface area contributed by atoms with E-state index < -0.39 is 17.4 Å². The maximum atomic E-state index is 14.4. The molecule has 28 heavy (non-hydrogen) atoms. The van der Waals surface area contributed by atoms with Crippen LogP contribution >= 0.6 is 0 Å². The molecule has 8 heteroatoms. The first kappa shape index (κ1) is 19.9. The Labute approximate surface area is 161 Å². The topological polar surface area (TPSA) is 76.2 Å². The van der Waals surface area contributed by atoms with Crippen molar-refractivity contribution in [3.05, 3.63) is 60.2 Å². The largest absolute Gasteiger partial charge is 0.383 e. The summed E-state index contributed by atoms with van der Waals surface area (Å²) < 4.78 is 42.2.